The summed E-state index contributed by atoms with van der Waals surface area (Å²) in [7, 11) is 1.51. The number of likely N-dealkylation sites (N-methyl/N-ethyl adjacent to an activating group) is 1. The first-order valence-electron chi connectivity index (χ1n) is 19.8. The Bertz CT molecular complexity index is 1580. The van der Waals surface area contributed by atoms with Crippen molar-refractivity contribution in [1.29, 1.82) is 0 Å². The standard InChI is InChI=1S/C40H56F2N6O7/c1-25-23-47-17-9-14-34(47)40(54)55-24-32(38(52)48-18-10-13-33(48)39(53)46(3)26(2)36(50)43-25)45-37(51)31(21-28-19-29(41)22-30(42)20-28)44-35(49)16-15-27-11-7-5-4-6-8-12-27/h15-16,19-20,22,25-27,31-34H,4-14,17-18,21,23-24H2,1-3H3,(H,43,50)(H,44,49)(H,45,51)/b16-15+/t25-,26-,31-,32-,33-,34-/m0/s1. The highest BCUT2D eigenvalue weighted by Gasteiger charge is 2.42. The van der Waals surface area contributed by atoms with Crippen LogP contribution in [0.25, 0.3) is 0 Å². The van der Waals surface area contributed by atoms with E-state index < -0.39 is 78.0 Å². The molecule has 0 aromatic heterocycles. The van der Waals surface area contributed by atoms with Crippen molar-refractivity contribution in [2.45, 2.75) is 127 Å². The van der Waals surface area contributed by atoms with Gasteiger partial charge in [-0.25, -0.2) is 8.78 Å². The number of rotatable bonds is 7. The zero-order valence-electron chi connectivity index (χ0n) is 32.2. The Labute approximate surface area is 321 Å². The monoisotopic (exact) mass is 770 g/mol. The molecule has 1 aromatic carbocycles. The van der Waals surface area contributed by atoms with Crippen molar-refractivity contribution < 1.29 is 42.3 Å². The summed E-state index contributed by atoms with van der Waals surface area (Å²) in [5.41, 5.74) is 0.0969. The Hall–Kier alpha value is -4.40. The lowest BCUT2D eigenvalue weighted by atomic mass is 9.91. The van der Waals surface area contributed by atoms with E-state index >= 15 is 0 Å². The SMILES string of the molecule is C[C@H]1CN2CCC[C@H]2C(=O)OC[C@H](NC(=O)[C@H](Cc2cc(F)cc(F)c2)NC(=O)/C=C/C2CCCCCCC2)C(=O)N2CCC[C@H]2C(=O)N(C)[C@@H](C)C(=O)N1. The summed E-state index contributed by atoms with van der Waals surface area (Å²) < 4.78 is 34.2. The van der Waals surface area contributed by atoms with E-state index in [1.54, 1.807) is 6.92 Å². The fraction of sp³-hybridized carbons (Fsp3) is 0.650. The third-order valence-electron chi connectivity index (χ3n) is 11.3. The van der Waals surface area contributed by atoms with Gasteiger partial charge in [0.25, 0.3) is 0 Å². The number of ether oxygens (including phenoxy) is 1. The van der Waals surface area contributed by atoms with E-state index in [9.17, 15) is 37.5 Å². The van der Waals surface area contributed by atoms with E-state index in [1.165, 1.54) is 29.3 Å². The molecule has 3 aliphatic heterocycles. The molecule has 5 rings (SSSR count). The van der Waals surface area contributed by atoms with Crippen molar-refractivity contribution in [2.24, 2.45) is 5.92 Å². The van der Waals surface area contributed by atoms with Gasteiger partial charge in [-0.05, 0) is 88.6 Å². The van der Waals surface area contributed by atoms with Crippen molar-refractivity contribution in [3.05, 3.63) is 47.5 Å². The number of fused-ring (bicyclic) bond motifs is 2. The van der Waals surface area contributed by atoms with Crippen LogP contribution in [0, 0.1) is 17.6 Å². The highest BCUT2D eigenvalue weighted by Crippen LogP contribution is 2.25. The first-order chi connectivity index (χ1) is 26.3. The molecule has 3 heterocycles. The van der Waals surface area contributed by atoms with Crippen LogP contribution in [-0.4, -0.2) is 120 Å². The van der Waals surface area contributed by atoms with Crippen LogP contribution in [0.5, 0.6) is 0 Å². The molecule has 4 fully saturated rings. The quantitative estimate of drug-likeness (QED) is 0.283. The Morgan fingerprint density at radius 1 is 0.891 bits per heavy atom. The molecule has 0 bridgehead atoms. The molecule has 0 unspecified atom stereocenters. The largest absolute Gasteiger partial charge is 0.462 e. The molecule has 3 N–H and O–H groups in total. The van der Waals surface area contributed by atoms with Gasteiger partial charge in [-0.1, -0.05) is 38.2 Å². The van der Waals surface area contributed by atoms with Gasteiger partial charge in [-0.3, -0.25) is 33.7 Å². The lowest BCUT2D eigenvalue weighted by Gasteiger charge is -2.34. The lowest BCUT2D eigenvalue weighted by molar-refractivity contribution is -0.154. The fourth-order valence-electron chi connectivity index (χ4n) is 8.17. The van der Waals surface area contributed by atoms with Gasteiger partial charge in [0.2, 0.25) is 29.5 Å². The van der Waals surface area contributed by atoms with E-state index in [0.717, 1.165) is 50.7 Å². The molecule has 3 saturated heterocycles. The van der Waals surface area contributed by atoms with Crippen molar-refractivity contribution in [3.63, 3.8) is 0 Å². The molecule has 4 aliphatic rings. The van der Waals surface area contributed by atoms with Crippen LogP contribution in [0.3, 0.4) is 0 Å². The molecule has 1 aliphatic carbocycles. The summed E-state index contributed by atoms with van der Waals surface area (Å²) >= 11 is 0. The zero-order chi connectivity index (χ0) is 39.6. The van der Waals surface area contributed by atoms with Gasteiger partial charge in [0, 0.05) is 38.7 Å². The molecule has 0 radical (unpaired) electrons. The normalized spacial score (nSPS) is 27.5. The van der Waals surface area contributed by atoms with Crippen molar-refractivity contribution in [2.75, 3.05) is 33.3 Å². The van der Waals surface area contributed by atoms with Crippen LogP contribution in [0.15, 0.2) is 30.4 Å². The number of esters is 1. The van der Waals surface area contributed by atoms with E-state index in [1.807, 2.05) is 17.9 Å². The number of hydrogen-bond donors (Lipinski definition) is 3. The van der Waals surface area contributed by atoms with Gasteiger partial charge >= 0.3 is 5.97 Å². The summed E-state index contributed by atoms with van der Waals surface area (Å²) in [4.78, 5) is 86.8. The number of cyclic esters (lactones) is 1. The molecule has 15 heteroatoms. The summed E-state index contributed by atoms with van der Waals surface area (Å²) in [6.45, 7) is 3.98. The predicted molar refractivity (Wildman–Crippen MR) is 199 cm³/mol. The Balaban J connectivity index is 1.41. The van der Waals surface area contributed by atoms with Crippen molar-refractivity contribution in [1.82, 2.24) is 30.7 Å². The Morgan fingerprint density at radius 3 is 2.25 bits per heavy atom. The van der Waals surface area contributed by atoms with E-state index in [2.05, 4.69) is 16.0 Å². The number of hydrogen-bond acceptors (Lipinski definition) is 8. The van der Waals surface area contributed by atoms with Crippen LogP contribution in [0.1, 0.15) is 90.0 Å². The maximum absolute atomic E-state index is 14.3. The maximum Gasteiger partial charge on any atom is 0.323 e. The lowest BCUT2D eigenvalue weighted by Crippen LogP contribution is -2.60. The first-order valence-corrected chi connectivity index (χ1v) is 19.8. The molecular formula is C40H56F2N6O7. The molecule has 55 heavy (non-hydrogen) atoms. The van der Waals surface area contributed by atoms with Crippen molar-refractivity contribution in [3.8, 4) is 0 Å². The predicted octanol–water partition coefficient (Wildman–Crippen LogP) is 2.76. The number of amides is 5. The molecule has 1 aromatic rings. The van der Waals surface area contributed by atoms with Gasteiger partial charge < -0.3 is 30.5 Å². The minimum absolute atomic E-state index is 0.0969. The van der Waals surface area contributed by atoms with Crippen LogP contribution in [-0.2, 0) is 39.9 Å². The maximum atomic E-state index is 14.3. The van der Waals surface area contributed by atoms with E-state index in [4.69, 9.17) is 4.74 Å². The molecule has 13 nitrogen and oxygen atoms in total. The van der Waals surface area contributed by atoms with E-state index in [-0.39, 0.29) is 36.4 Å². The van der Waals surface area contributed by atoms with Crippen molar-refractivity contribution >= 4 is 35.5 Å². The number of nitrogens with zero attached hydrogens (tertiary/aromatic N) is 3. The molecule has 302 valence electrons. The highest BCUT2D eigenvalue weighted by atomic mass is 19.1. The summed E-state index contributed by atoms with van der Waals surface area (Å²) in [6.07, 6.45) is 12.4. The minimum Gasteiger partial charge on any atom is -0.462 e. The zero-order valence-corrected chi connectivity index (χ0v) is 32.2. The minimum atomic E-state index is -1.47. The number of benzene rings is 1. The summed E-state index contributed by atoms with van der Waals surface area (Å²) in [5.74, 6) is -5.06. The molecule has 0 spiro atoms. The van der Waals surface area contributed by atoms with Crippen LogP contribution in [0.4, 0.5) is 8.78 Å². The second kappa shape index (κ2) is 19.5. The van der Waals surface area contributed by atoms with Gasteiger partial charge in [0.15, 0.2) is 0 Å². The number of carbonyl (C=O) groups excluding carboxylic acids is 6. The Kier molecular flexibility index (Phi) is 14.8. The summed E-state index contributed by atoms with van der Waals surface area (Å²) in [5, 5.41) is 8.25. The van der Waals surface area contributed by atoms with Gasteiger partial charge in [-0.15, -0.1) is 0 Å². The first kappa shape index (κ1) is 41.8. The average molecular weight is 771 g/mol. The number of halogens is 2. The van der Waals surface area contributed by atoms with Crippen LogP contribution >= 0.6 is 0 Å². The summed E-state index contributed by atoms with van der Waals surface area (Å²) in [6, 6.07) is -2.81. The average Bonchev–Trinajstić information content (AvgIpc) is 3.80. The van der Waals surface area contributed by atoms with E-state index in [0.29, 0.717) is 44.8 Å². The van der Waals surface area contributed by atoms with Crippen LogP contribution < -0.4 is 16.0 Å². The smallest absolute Gasteiger partial charge is 0.323 e. The number of allylic oxidation sites excluding steroid dienone is 1. The van der Waals surface area contributed by atoms with Gasteiger partial charge in [0.05, 0.1) is 0 Å². The number of nitrogens with one attached hydrogen (secondary N) is 3. The molecular weight excluding hydrogens is 714 g/mol. The molecule has 1 saturated carbocycles. The fourth-order valence-corrected chi connectivity index (χ4v) is 8.17. The number of carbonyl (C=O) groups is 6. The van der Waals surface area contributed by atoms with Gasteiger partial charge in [-0.2, -0.15) is 0 Å². The molecule has 6 atom stereocenters. The highest BCUT2D eigenvalue weighted by molar-refractivity contribution is 5.97. The third kappa shape index (κ3) is 11.3. The third-order valence-corrected chi connectivity index (χ3v) is 11.3. The Morgan fingerprint density at radius 2 is 1.55 bits per heavy atom. The molecule has 5 amide bonds. The van der Waals surface area contributed by atoms with Crippen LogP contribution in [0.2, 0.25) is 0 Å². The second-order valence-corrected chi connectivity index (χ2v) is 15.6. The second-order valence-electron chi connectivity index (χ2n) is 15.6. The van der Waals surface area contributed by atoms with Gasteiger partial charge in [0.1, 0.15) is 48.5 Å². The topological polar surface area (TPSA) is 157 Å².